The van der Waals surface area contributed by atoms with Crippen LogP contribution in [0.25, 0.3) is 5.69 Å². The lowest BCUT2D eigenvalue weighted by atomic mass is 10.1. The number of benzene rings is 1. The first-order chi connectivity index (χ1) is 13.2. The molecule has 27 heavy (non-hydrogen) atoms. The van der Waals surface area contributed by atoms with Gasteiger partial charge < -0.3 is 15.4 Å². The molecule has 0 spiro atoms. The number of guanidine groups is 1. The lowest BCUT2D eigenvalue weighted by Gasteiger charge is -2.11. The molecule has 0 aliphatic carbocycles. The molecule has 6 nitrogen and oxygen atoms in total. The monoisotopic (exact) mass is 371 g/mol. The van der Waals surface area contributed by atoms with Crippen molar-refractivity contribution in [2.45, 2.75) is 40.0 Å². The molecule has 0 fully saturated rings. The van der Waals surface area contributed by atoms with Gasteiger partial charge in [-0.2, -0.15) is 5.10 Å². The average molecular weight is 372 g/mol. The van der Waals surface area contributed by atoms with Crippen molar-refractivity contribution < 1.29 is 4.74 Å². The smallest absolute Gasteiger partial charge is 0.191 e. The fourth-order valence-electron chi connectivity index (χ4n) is 2.78. The Hall–Kier alpha value is -2.34. The molecule has 148 valence electrons. The number of rotatable bonds is 11. The van der Waals surface area contributed by atoms with Crippen LogP contribution in [0.5, 0.6) is 0 Å². The maximum atomic E-state index is 5.36. The van der Waals surface area contributed by atoms with Crippen LogP contribution in [0.15, 0.2) is 41.5 Å². The topological polar surface area (TPSA) is 63.5 Å². The lowest BCUT2D eigenvalue weighted by Crippen LogP contribution is -2.38. The minimum atomic E-state index is 0.772. The molecule has 0 aliphatic heterocycles. The summed E-state index contributed by atoms with van der Waals surface area (Å²) >= 11 is 0. The Morgan fingerprint density at radius 1 is 1.15 bits per heavy atom. The zero-order chi connectivity index (χ0) is 19.3. The van der Waals surface area contributed by atoms with Gasteiger partial charge in [0, 0.05) is 39.0 Å². The zero-order valence-electron chi connectivity index (χ0n) is 16.9. The number of nitrogens with zero attached hydrogens (tertiary/aromatic N) is 3. The fraction of sp³-hybridized carbons (Fsp3) is 0.524. The molecule has 0 amide bonds. The van der Waals surface area contributed by atoms with Gasteiger partial charge in [-0.3, -0.25) is 4.99 Å². The molecular weight excluding hydrogens is 338 g/mol. The molecule has 0 atom stereocenters. The van der Waals surface area contributed by atoms with Gasteiger partial charge >= 0.3 is 0 Å². The minimum Gasteiger partial charge on any atom is -0.382 e. The maximum Gasteiger partial charge on any atom is 0.191 e. The third-order valence-corrected chi connectivity index (χ3v) is 4.20. The summed E-state index contributed by atoms with van der Waals surface area (Å²) in [6.07, 6.45) is 5.09. The first-order valence-corrected chi connectivity index (χ1v) is 9.95. The van der Waals surface area contributed by atoms with Crippen molar-refractivity contribution in [3.63, 3.8) is 0 Å². The third kappa shape index (κ3) is 7.43. The highest BCUT2D eigenvalue weighted by Gasteiger charge is 2.06. The SMILES string of the molecule is CCNC(=NCCCc1cn(-c2ccccc2)nc1C)NCCCOCC. The Balaban J connectivity index is 1.80. The molecule has 2 N–H and O–H groups in total. The van der Waals surface area contributed by atoms with Crippen LogP contribution >= 0.6 is 0 Å². The second kappa shape index (κ2) is 12.1. The Bertz CT molecular complexity index is 681. The largest absolute Gasteiger partial charge is 0.382 e. The van der Waals surface area contributed by atoms with Gasteiger partial charge in [0.25, 0.3) is 0 Å². The van der Waals surface area contributed by atoms with E-state index in [1.54, 1.807) is 0 Å². The van der Waals surface area contributed by atoms with Gasteiger partial charge in [-0.1, -0.05) is 18.2 Å². The molecule has 2 aromatic rings. The highest BCUT2D eigenvalue weighted by Crippen LogP contribution is 2.13. The van der Waals surface area contributed by atoms with E-state index in [1.165, 1.54) is 5.56 Å². The van der Waals surface area contributed by atoms with Crippen molar-refractivity contribution in [3.8, 4) is 5.69 Å². The van der Waals surface area contributed by atoms with E-state index in [-0.39, 0.29) is 0 Å². The van der Waals surface area contributed by atoms with Gasteiger partial charge in [-0.05, 0) is 57.7 Å². The van der Waals surface area contributed by atoms with Gasteiger partial charge in [0.2, 0.25) is 0 Å². The molecule has 0 bridgehead atoms. The second-order valence-corrected chi connectivity index (χ2v) is 6.36. The molecule has 0 aliphatic rings. The number of aryl methyl sites for hydroxylation is 2. The van der Waals surface area contributed by atoms with Crippen LogP contribution in [0, 0.1) is 6.92 Å². The molecule has 0 saturated carbocycles. The molecule has 0 saturated heterocycles. The Morgan fingerprint density at radius 2 is 1.96 bits per heavy atom. The van der Waals surface area contributed by atoms with Crippen molar-refractivity contribution in [3.05, 3.63) is 47.8 Å². The van der Waals surface area contributed by atoms with Gasteiger partial charge in [0.05, 0.1) is 11.4 Å². The third-order valence-electron chi connectivity index (χ3n) is 4.20. The van der Waals surface area contributed by atoms with E-state index in [9.17, 15) is 0 Å². The highest BCUT2D eigenvalue weighted by atomic mass is 16.5. The summed E-state index contributed by atoms with van der Waals surface area (Å²) in [6.45, 7) is 10.2. The number of hydrogen-bond donors (Lipinski definition) is 2. The first kappa shape index (κ1) is 21.0. The summed E-state index contributed by atoms with van der Waals surface area (Å²) in [5.74, 6) is 0.880. The molecule has 0 radical (unpaired) electrons. The number of nitrogens with one attached hydrogen (secondary N) is 2. The quantitative estimate of drug-likeness (QED) is 0.362. The minimum absolute atomic E-state index is 0.772. The van der Waals surface area contributed by atoms with Crippen LogP contribution in [0.1, 0.15) is 37.9 Å². The predicted molar refractivity (Wildman–Crippen MR) is 112 cm³/mol. The summed E-state index contributed by atoms with van der Waals surface area (Å²) in [6, 6.07) is 10.2. The van der Waals surface area contributed by atoms with E-state index < -0.39 is 0 Å². The molecule has 1 heterocycles. The van der Waals surface area contributed by atoms with Crippen LogP contribution in [0.2, 0.25) is 0 Å². The van der Waals surface area contributed by atoms with Crippen molar-refractivity contribution in [1.29, 1.82) is 0 Å². The normalized spacial score (nSPS) is 11.6. The van der Waals surface area contributed by atoms with Crippen LogP contribution in [-0.4, -0.2) is 48.6 Å². The van der Waals surface area contributed by atoms with Gasteiger partial charge in [0.1, 0.15) is 0 Å². The van der Waals surface area contributed by atoms with E-state index in [0.29, 0.717) is 0 Å². The van der Waals surface area contributed by atoms with Crippen LogP contribution in [-0.2, 0) is 11.2 Å². The number of para-hydroxylation sites is 1. The fourth-order valence-corrected chi connectivity index (χ4v) is 2.78. The summed E-state index contributed by atoms with van der Waals surface area (Å²) in [4.78, 5) is 4.67. The van der Waals surface area contributed by atoms with Crippen molar-refractivity contribution in [2.75, 3.05) is 32.8 Å². The van der Waals surface area contributed by atoms with Gasteiger partial charge in [0.15, 0.2) is 5.96 Å². The maximum absolute atomic E-state index is 5.36. The summed E-state index contributed by atoms with van der Waals surface area (Å²) < 4.78 is 7.32. The molecule has 2 rings (SSSR count). The second-order valence-electron chi connectivity index (χ2n) is 6.36. The van der Waals surface area contributed by atoms with E-state index >= 15 is 0 Å². The Labute approximate surface area is 163 Å². The Morgan fingerprint density at radius 3 is 2.70 bits per heavy atom. The average Bonchev–Trinajstić information content (AvgIpc) is 3.06. The molecule has 1 aromatic carbocycles. The van der Waals surface area contributed by atoms with E-state index in [1.807, 2.05) is 29.8 Å². The highest BCUT2D eigenvalue weighted by molar-refractivity contribution is 5.79. The van der Waals surface area contributed by atoms with E-state index in [2.05, 4.69) is 52.9 Å². The summed E-state index contributed by atoms with van der Waals surface area (Å²) in [7, 11) is 0. The Kier molecular flexibility index (Phi) is 9.41. The predicted octanol–water partition coefficient (Wildman–Crippen LogP) is 3.10. The van der Waals surface area contributed by atoms with Crippen LogP contribution in [0.3, 0.4) is 0 Å². The summed E-state index contributed by atoms with van der Waals surface area (Å²) in [5.41, 5.74) is 3.46. The summed E-state index contributed by atoms with van der Waals surface area (Å²) in [5, 5.41) is 11.3. The first-order valence-electron chi connectivity index (χ1n) is 9.95. The lowest BCUT2D eigenvalue weighted by molar-refractivity contribution is 0.145. The van der Waals surface area contributed by atoms with Gasteiger partial charge in [-0.15, -0.1) is 0 Å². The standard InChI is InChI=1S/C21H33N5O/c1-4-22-21(24-15-10-16-27-5-2)23-14-9-11-19-17-26(25-18(19)3)20-12-7-6-8-13-20/h6-8,12-13,17H,4-5,9-11,14-16H2,1-3H3,(H2,22,23,24). The molecule has 6 heteroatoms. The van der Waals surface area contributed by atoms with Crippen molar-refractivity contribution in [1.82, 2.24) is 20.4 Å². The van der Waals surface area contributed by atoms with E-state index in [0.717, 1.165) is 69.5 Å². The van der Waals surface area contributed by atoms with Crippen molar-refractivity contribution >= 4 is 5.96 Å². The number of aromatic nitrogens is 2. The van der Waals surface area contributed by atoms with E-state index in [4.69, 9.17) is 4.74 Å². The zero-order valence-corrected chi connectivity index (χ0v) is 16.9. The number of ether oxygens (including phenoxy) is 1. The van der Waals surface area contributed by atoms with Crippen molar-refractivity contribution in [2.24, 2.45) is 4.99 Å². The molecule has 1 aromatic heterocycles. The van der Waals surface area contributed by atoms with Crippen LogP contribution < -0.4 is 10.6 Å². The van der Waals surface area contributed by atoms with Gasteiger partial charge in [-0.25, -0.2) is 4.68 Å². The number of aliphatic imine (C=N–C) groups is 1. The van der Waals surface area contributed by atoms with Crippen LogP contribution in [0.4, 0.5) is 0 Å². The molecule has 0 unspecified atom stereocenters. The number of hydrogen-bond acceptors (Lipinski definition) is 3. The molecular formula is C21H33N5O.